The lowest BCUT2D eigenvalue weighted by Crippen LogP contribution is -2.52. The van der Waals surface area contributed by atoms with Crippen molar-refractivity contribution in [3.8, 4) is 0 Å². The van der Waals surface area contributed by atoms with Crippen molar-refractivity contribution < 1.29 is 36.6 Å². The van der Waals surface area contributed by atoms with E-state index in [0.29, 0.717) is 6.42 Å². The Morgan fingerprint density at radius 2 is 1.82 bits per heavy atom. The standard InChI is InChI=1S/C28H26ClF3N2O5S/c1-14-8-16-10-19(12-20(14)28(16,37)26(35)24-7-3-17(30)13-33-24)40(38,39)25-9-15(2-5-21(25)29)27(36)34-18-4-6-22(31)23(32)11-18/h2-7,9,11,13-14,16,19-20,26,35,37H,8,10,12H2,1H3,(H,34,36)/t14-,16?,19?,20?,26+,28+/m0/s1. The second kappa shape index (κ2) is 10.4. The number of nitrogens with one attached hydrogen (secondary N) is 1. The van der Waals surface area contributed by atoms with E-state index in [0.717, 1.165) is 30.5 Å². The lowest BCUT2D eigenvalue weighted by molar-refractivity contribution is -0.149. The predicted molar refractivity (Wildman–Crippen MR) is 141 cm³/mol. The Hall–Kier alpha value is -2.99. The van der Waals surface area contributed by atoms with Gasteiger partial charge in [-0.15, -0.1) is 0 Å². The highest BCUT2D eigenvalue weighted by molar-refractivity contribution is 7.92. The number of hydrogen-bond donors (Lipinski definition) is 3. The van der Waals surface area contributed by atoms with Crippen LogP contribution in [0.15, 0.2) is 59.6 Å². The van der Waals surface area contributed by atoms with Crippen LogP contribution >= 0.6 is 11.6 Å². The van der Waals surface area contributed by atoms with Crippen LogP contribution in [0.5, 0.6) is 0 Å². The Morgan fingerprint density at radius 3 is 2.48 bits per heavy atom. The molecule has 3 aromatic rings. The monoisotopic (exact) mass is 594 g/mol. The molecule has 2 aromatic carbocycles. The van der Waals surface area contributed by atoms with Gasteiger partial charge in [-0.25, -0.2) is 21.6 Å². The molecule has 0 radical (unpaired) electrons. The molecular weight excluding hydrogens is 569 g/mol. The van der Waals surface area contributed by atoms with Crippen LogP contribution < -0.4 is 5.32 Å². The molecule has 0 aliphatic heterocycles. The molecule has 5 rings (SSSR count). The second-order valence-electron chi connectivity index (χ2n) is 10.6. The van der Waals surface area contributed by atoms with E-state index in [4.69, 9.17) is 11.6 Å². The molecule has 12 heteroatoms. The van der Waals surface area contributed by atoms with Gasteiger partial charge in [-0.05, 0) is 79.5 Å². The van der Waals surface area contributed by atoms with Crippen molar-refractivity contribution in [2.24, 2.45) is 17.8 Å². The molecule has 40 heavy (non-hydrogen) atoms. The molecule has 3 unspecified atom stereocenters. The van der Waals surface area contributed by atoms with Crippen LogP contribution in [0.1, 0.15) is 48.3 Å². The number of benzene rings is 2. The fourth-order valence-corrected chi connectivity index (χ4v) is 8.62. The zero-order chi connectivity index (χ0) is 29.0. The summed E-state index contributed by atoms with van der Waals surface area (Å²) >= 11 is 6.29. The number of fused-ring (bicyclic) bond motifs is 2. The van der Waals surface area contributed by atoms with Crippen molar-refractivity contribution in [1.82, 2.24) is 4.98 Å². The van der Waals surface area contributed by atoms with E-state index in [1.807, 2.05) is 6.92 Å². The summed E-state index contributed by atoms with van der Waals surface area (Å²) in [6.07, 6.45) is 0.0240. The van der Waals surface area contributed by atoms with E-state index >= 15 is 0 Å². The number of carbonyl (C=O) groups is 1. The molecule has 0 saturated heterocycles. The van der Waals surface area contributed by atoms with Crippen LogP contribution in [-0.2, 0) is 9.84 Å². The normalized spacial score (nSPS) is 26.9. The Balaban J connectivity index is 1.41. The summed E-state index contributed by atoms with van der Waals surface area (Å²) in [5.74, 6) is -4.89. The average Bonchev–Trinajstić information content (AvgIpc) is 3.03. The van der Waals surface area contributed by atoms with Gasteiger partial charge in [0.1, 0.15) is 17.5 Å². The average molecular weight is 595 g/mol. The van der Waals surface area contributed by atoms with Crippen molar-refractivity contribution >= 4 is 33.0 Å². The number of carbonyl (C=O) groups excluding carboxylic acids is 1. The number of hydrogen-bond acceptors (Lipinski definition) is 6. The van der Waals surface area contributed by atoms with Crippen molar-refractivity contribution in [1.29, 1.82) is 0 Å². The molecule has 2 aliphatic carbocycles. The number of nitrogens with zero attached hydrogens (tertiary/aromatic N) is 1. The van der Waals surface area contributed by atoms with E-state index in [1.165, 1.54) is 24.3 Å². The first kappa shape index (κ1) is 28.5. The van der Waals surface area contributed by atoms with E-state index in [-0.39, 0.29) is 45.6 Å². The molecule has 6 atom stereocenters. The first-order valence-corrected chi connectivity index (χ1v) is 14.6. The number of pyridine rings is 1. The van der Waals surface area contributed by atoms with Crippen LogP contribution in [0.2, 0.25) is 5.02 Å². The van der Waals surface area contributed by atoms with Crippen LogP contribution in [0.3, 0.4) is 0 Å². The van der Waals surface area contributed by atoms with Crippen molar-refractivity contribution in [2.45, 2.75) is 48.0 Å². The quantitative estimate of drug-likeness (QED) is 0.367. The third-order valence-electron chi connectivity index (χ3n) is 8.24. The number of aliphatic hydroxyl groups is 2. The number of anilines is 1. The van der Waals surface area contributed by atoms with Gasteiger partial charge >= 0.3 is 0 Å². The van der Waals surface area contributed by atoms with Crippen LogP contribution in [0.25, 0.3) is 0 Å². The van der Waals surface area contributed by atoms with Crippen molar-refractivity contribution in [2.75, 3.05) is 5.32 Å². The molecular formula is C28H26ClF3N2O5S. The third-order valence-corrected chi connectivity index (χ3v) is 10.9. The number of amides is 1. The molecule has 2 saturated carbocycles. The maximum Gasteiger partial charge on any atom is 0.255 e. The Bertz CT molecular complexity index is 1570. The van der Waals surface area contributed by atoms with E-state index < -0.39 is 62.0 Å². The summed E-state index contributed by atoms with van der Waals surface area (Å²) in [5, 5.41) is 24.2. The zero-order valence-corrected chi connectivity index (χ0v) is 22.8. The molecule has 7 nitrogen and oxygen atoms in total. The van der Waals surface area contributed by atoms with Crippen LogP contribution in [0, 0.1) is 35.2 Å². The molecule has 1 heterocycles. The van der Waals surface area contributed by atoms with Gasteiger partial charge in [0.05, 0.1) is 27.1 Å². The maximum atomic E-state index is 13.8. The minimum Gasteiger partial charge on any atom is -0.386 e. The van der Waals surface area contributed by atoms with Gasteiger partial charge in [-0.3, -0.25) is 9.78 Å². The highest BCUT2D eigenvalue weighted by Crippen LogP contribution is 2.58. The lowest BCUT2D eigenvalue weighted by atomic mass is 9.69. The molecule has 212 valence electrons. The highest BCUT2D eigenvalue weighted by atomic mass is 35.5. The summed E-state index contributed by atoms with van der Waals surface area (Å²) < 4.78 is 67.8. The minimum atomic E-state index is -4.11. The maximum absolute atomic E-state index is 13.8. The summed E-state index contributed by atoms with van der Waals surface area (Å²) in [6.45, 7) is 1.88. The second-order valence-corrected chi connectivity index (χ2v) is 13.2. The molecule has 0 spiro atoms. The Labute approximate surface area is 233 Å². The smallest absolute Gasteiger partial charge is 0.255 e. The fraction of sp³-hybridized carbons (Fsp3) is 0.357. The first-order valence-electron chi connectivity index (χ1n) is 12.6. The van der Waals surface area contributed by atoms with Gasteiger partial charge in [-0.1, -0.05) is 18.5 Å². The Morgan fingerprint density at radius 1 is 1.07 bits per heavy atom. The Kier molecular flexibility index (Phi) is 7.45. The lowest BCUT2D eigenvalue weighted by Gasteiger charge is -2.45. The summed E-state index contributed by atoms with van der Waals surface area (Å²) in [6, 6.07) is 8.97. The number of aliphatic hydroxyl groups excluding tert-OH is 1. The van der Waals surface area contributed by atoms with Gasteiger partial charge in [0.2, 0.25) is 0 Å². The van der Waals surface area contributed by atoms with Gasteiger partial charge in [0, 0.05) is 17.3 Å². The molecule has 1 aromatic heterocycles. The van der Waals surface area contributed by atoms with Crippen LogP contribution in [0.4, 0.5) is 18.9 Å². The van der Waals surface area contributed by atoms with Gasteiger partial charge < -0.3 is 15.5 Å². The number of halogens is 4. The van der Waals surface area contributed by atoms with E-state index in [2.05, 4.69) is 10.3 Å². The molecule has 2 fully saturated rings. The molecule has 3 N–H and O–H groups in total. The zero-order valence-electron chi connectivity index (χ0n) is 21.2. The summed E-state index contributed by atoms with van der Waals surface area (Å²) in [4.78, 5) is 16.4. The molecule has 2 aliphatic rings. The SMILES string of the molecule is C[C@H]1CC2CC(S(=O)(=O)c3cc(C(=O)Nc4ccc(F)c(F)c4)ccc3Cl)CC1[C@@]2(O)[C@H](O)c1ccc(F)cn1. The summed E-state index contributed by atoms with van der Waals surface area (Å²) in [5.41, 5.74) is -1.65. The number of sulfone groups is 1. The van der Waals surface area contributed by atoms with Crippen molar-refractivity contribution in [3.05, 3.63) is 88.5 Å². The van der Waals surface area contributed by atoms with E-state index in [9.17, 15) is 36.6 Å². The topological polar surface area (TPSA) is 117 Å². The predicted octanol–water partition coefficient (Wildman–Crippen LogP) is 5.08. The fourth-order valence-electron chi connectivity index (χ4n) is 6.25. The van der Waals surface area contributed by atoms with Gasteiger partial charge in [-0.2, -0.15) is 0 Å². The molecule has 1 amide bonds. The van der Waals surface area contributed by atoms with Crippen molar-refractivity contribution in [3.63, 3.8) is 0 Å². The van der Waals surface area contributed by atoms with Gasteiger partial charge in [0.15, 0.2) is 21.5 Å². The minimum absolute atomic E-state index is 0.0189. The summed E-state index contributed by atoms with van der Waals surface area (Å²) in [7, 11) is -4.11. The van der Waals surface area contributed by atoms with Gasteiger partial charge in [0.25, 0.3) is 5.91 Å². The highest BCUT2D eigenvalue weighted by Gasteiger charge is 2.62. The molecule has 2 bridgehead atoms. The van der Waals surface area contributed by atoms with Crippen LogP contribution in [-0.4, -0.2) is 40.4 Å². The third kappa shape index (κ3) is 4.89. The largest absolute Gasteiger partial charge is 0.386 e. The first-order chi connectivity index (χ1) is 18.8. The number of rotatable bonds is 6. The van der Waals surface area contributed by atoms with E-state index in [1.54, 1.807) is 0 Å². The number of aromatic nitrogens is 1.